The standard InChI is InChI=1S/4C8H9.C7H7.Al/c4*1-7-4-3-5-8(2)6-7;1-2-4-6-7-5-3-1;/h4*3-4,6H,1-2H3;1-7H;/q;;;;+1;-1. The zero-order valence-electron chi connectivity index (χ0n) is 25.5. The second-order valence-electron chi connectivity index (χ2n) is 11.7. The van der Waals surface area contributed by atoms with Crippen LogP contribution < -0.4 is 17.7 Å². The van der Waals surface area contributed by atoms with E-state index in [1.165, 1.54) is 62.2 Å². The van der Waals surface area contributed by atoms with Crippen molar-refractivity contribution in [1.29, 1.82) is 0 Å². The normalized spacial score (nSPS) is 11.0. The predicted molar refractivity (Wildman–Crippen MR) is 179 cm³/mol. The molecule has 202 valence electrons. The lowest BCUT2D eigenvalue weighted by Crippen LogP contribution is -2.76. The molecule has 0 fully saturated rings. The van der Waals surface area contributed by atoms with Crippen LogP contribution in [0.1, 0.15) is 44.5 Å². The van der Waals surface area contributed by atoms with Crippen LogP contribution in [0.4, 0.5) is 0 Å². The summed E-state index contributed by atoms with van der Waals surface area (Å²) in [5, 5.41) is 0. The van der Waals surface area contributed by atoms with Gasteiger partial charge in [0.05, 0.1) is 0 Å². The lowest BCUT2D eigenvalue weighted by atomic mass is 10.1. The van der Waals surface area contributed by atoms with Crippen molar-refractivity contribution in [3.05, 3.63) is 160 Å². The third-order valence-electron chi connectivity index (χ3n) is 8.35. The molecular formula is C39H43Al. The van der Waals surface area contributed by atoms with Gasteiger partial charge in [-0.2, -0.15) is 0 Å². The van der Waals surface area contributed by atoms with E-state index in [9.17, 15) is 0 Å². The second kappa shape index (κ2) is 12.8. The molecule has 5 aromatic carbocycles. The van der Waals surface area contributed by atoms with Crippen molar-refractivity contribution in [3.8, 4) is 0 Å². The molecule has 0 saturated heterocycles. The van der Waals surface area contributed by atoms with Gasteiger partial charge < -0.3 is 0 Å². The first-order valence-electron chi connectivity index (χ1n) is 14.4. The van der Waals surface area contributed by atoms with E-state index in [-0.39, 0.29) is 0 Å². The van der Waals surface area contributed by atoms with E-state index < -0.39 is 13.1 Å². The largest absolute Gasteiger partial charge is 0.268 e. The molecule has 0 aromatic heterocycles. The summed E-state index contributed by atoms with van der Waals surface area (Å²) >= 11 is -3.00. The minimum atomic E-state index is -3.00. The van der Waals surface area contributed by atoms with Gasteiger partial charge in [0.25, 0.3) is 13.1 Å². The minimum Gasteiger partial charge on any atom is -0.215 e. The SMILES string of the molecule is Cc1cc[c]([Al-]([c]2ccc(C)cc2C)([c]2ccc(C)cc2C)[c]2ccc(C)cc2C)c(C)c1.c1ccc[cH+]cc1. The highest BCUT2D eigenvalue weighted by atomic mass is 27.2. The van der Waals surface area contributed by atoms with Gasteiger partial charge in [0, 0.05) is 42.5 Å². The van der Waals surface area contributed by atoms with Crippen molar-refractivity contribution in [1.82, 2.24) is 0 Å². The van der Waals surface area contributed by atoms with Crippen molar-refractivity contribution in [2.45, 2.75) is 55.4 Å². The van der Waals surface area contributed by atoms with Gasteiger partial charge in [0.15, 0.2) is 0 Å². The molecule has 0 heterocycles. The summed E-state index contributed by atoms with van der Waals surface area (Å²) in [4.78, 5) is 0. The average molecular weight is 539 g/mol. The van der Waals surface area contributed by atoms with Crippen LogP contribution in [-0.4, -0.2) is 13.1 Å². The van der Waals surface area contributed by atoms with E-state index in [0.717, 1.165) is 0 Å². The molecule has 1 heteroatoms. The molecule has 0 aliphatic rings. The number of hydrogen-bond acceptors (Lipinski definition) is 0. The van der Waals surface area contributed by atoms with Crippen LogP contribution >= 0.6 is 0 Å². The van der Waals surface area contributed by atoms with Gasteiger partial charge in [0.1, 0.15) is 0 Å². The third kappa shape index (κ3) is 6.13. The fourth-order valence-electron chi connectivity index (χ4n) is 6.70. The van der Waals surface area contributed by atoms with Crippen LogP contribution in [0.25, 0.3) is 0 Å². The highest BCUT2D eigenvalue weighted by molar-refractivity contribution is 7.20. The monoisotopic (exact) mass is 538 g/mol. The lowest BCUT2D eigenvalue weighted by molar-refractivity contribution is 1.37. The molecule has 0 bridgehead atoms. The summed E-state index contributed by atoms with van der Waals surface area (Å²) in [6, 6.07) is 42.5. The number of hydrogen-bond donors (Lipinski definition) is 0. The van der Waals surface area contributed by atoms with Crippen molar-refractivity contribution in [2.24, 2.45) is 0 Å². The Bertz CT molecular complexity index is 1370. The van der Waals surface area contributed by atoms with Crippen LogP contribution in [-0.2, 0) is 0 Å². The molecule has 0 atom stereocenters. The van der Waals surface area contributed by atoms with Gasteiger partial charge >= 0.3 is 0 Å². The van der Waals surface area contributed by atoms with Crippen molar-refractivity contribution < 1.29 is 0 Å². The first kappa shape index (κ1) is 29.5. The van der Waals surface area contributed by atoms with Crippen LogP contribution in [0.3, 0.4) is 0 Å². The maximum atomic E-state index is 2.44. The summed E-state index contributed by atoms with van der Waals surface area (Å²) in [5.74, 6) is 0. The van der Waals surface area contributed by atoms with Crippen LogP contribution in [0, 0.1) is 55.4 Å². The molecule has 5 aromatic rings. The maximum Gasteiger partial charge on any atom is 0.268 e. The summed E-state index contributed by atoms with van der Waals surface area (Å²) in [5.41, 5.74) is 10.9. The van der Waals surface area contributed by atoms with Gasteiger partial charge in [-0.25, -0.2) is 17.7 Å². The third-order valence-corrected chi connectivity index (χ3v) is 14.7. The molecule has 0 radical (unpaired) electrons. The summed E-state index contributed by atoms with van der Waals surface area (Å²) in [6.07, 6.45) is 0. The summed E-state index contributed by atoms with van der Waals surface area (Å²) in [7, 11) is 0. The Kier molecular flexibility index (Phi) is 9.42. The van der Waals surface area contributed by atoms with Gasteiger partial charge in [-0.1, -0.05) is 93.0 Å². The molecule has 5 rings (SSSR count). The summed E-state index contributed by atoms with van der Waals surface area (Å²) < 4.78 is 6.11. The summed E-state index contributed by atoms with van der Waals surface area (Å²) in [6.45, 7) is 18.1. The van der Waals surface area contributed by atoms with E-state index in [1.54, 1.807) is 0 Å². The molecule has 0 spiro atoms. The fraction of sp³-hybridized carbons (Fsp3) is 0.205. The van der Waals surface area contributed by atoms with E-state index in [2.05, 4.69) is 128 Å². The molecule has 0 aliphatic heterocycles. The highest BCUT2D eigenvalue weighted by Gasteiger charge is 2.40. The maximum absolute atomic E-state index is 3.00. The Morgan fingerprint density at radius 1 is 0.375 bits per heavy atom. The Morgan fingerprint density at radius 2 is 0.650 bits per heavy atom. The first-order valence-corrected chi connectivity index (χ1v) is 16.7. The van der Waals surface area contributed by atoms with Gasteiger partial charge in [-0.05, 0) is 55.4 Å². The van der Waals surface area contributed by atoms with Crippen molar-refractivity contribution in [2.75, 3.05) is 0 Å². The Balaban J connectivity index is 0.000000461. The number of rotatable bonds is 4. The van der Waals surface area contributed by atoms with Crippen molar-refractivity contribution in [3.63, 3.8) is 0 Å². The molecule has 0 amide bonds. The zero-order chi connectivity index (χ0) is 28.9. The van der Waals surface area contributed by atoms with E-state index in [1.807, 2.05) is 42.5 Å². The quantitative estimate of drug-likeness (QED) is 0.164. The predicted octanol–water partition coefficient (Wildman–Crippen LogP) is 7.50. The van der Waals surface area contributed by atoms with Gasteiger partial charge in [0.2, 0.25) is 0 Å². The average Bonchev–Trinajstić information content (AvgIpc) is 3.21. The Morgan fingerprint density at radius 3 is 0.900 bits per heavy atom. The smallest absolute Gasteiger partial charge is 0.215 e. The van der Waals surface area contributed by atoms with Crippen LogP contribution in [0.2, 0.25) is 0 Å². The zero-order valence-corrected chi connectivity index (χ0v) is 26.7. The molecule has 0 N–H and O–H groups in total. The Hall–Kier alpha value is -3.50. The van der Waals surface area contributed by atoms with Crippen LogP contribution in [0.15, 0.2) is 115 Å². The van der Waals surface area contributed by atoms with E-state index in [0.29, 0.717) is 0 Å². The second-order valence-corrected chi connectivity index (χ2v) is 15.9. The molecule has 40 heavy (non-hydrogen) atoms. The fourth-order valence-corrected chi connectivity index (χ4v) is 13.3. The molecular weight excluding hydrogens is 495 g/mol. The molecule has 0 saturated carbocycles. The van der Waals surface area contributed by atoms with E-state index in [4.69, 9.17) is 0 Å². The minimum absolute atomic E-state index is 1.32. The Labute approximate surface area is 245 Å². The number of aryl methyl sites for hydroxylation is 8. The molecule has 0 nitrogen and oxygen atoms in total. The van der Waals surface area contributed by atoms with Crippen LogP contribution in [0.5, 0.6) is 0 Å². The number of benzene rings is 4. The van der Waals surface area contributed by atoms with Crippen molar-refractivity contribution >= 4 is 30.8 Å². The highest BCUT2D eigenvalue weighted by Crippen LogP contribution is 2.19. The van der Waals surface area contributed by atoms with Gasteiger partial charge in [-0.3, -0.25) is 0 Å². The molecule has 0 aliphatic carbocycles. The molecule has 0 unspecified atom stereocenters. The topological polar surface area (TPSA) is 0 Å². The van der Waals surface area contributed by atoms with E-state index >= 15 is 0 Å². The van der Waals surface area contributed by atoms with Gasteiger partial charge in [-0.15, -0.1) is 24.3 Å². The lowest BCUT2D eigenvalue weighted by Gasteiger charge is -2.45. The first-order chi connectivity index (χ1) is 19.1.